The molecule has 3 rings (SSSR count). The Morgan fingerprint density at radius 2 is 2.22 bits per heavy atom. The molecule has 0 aliphatic carbocycles. The minimum atomic E-state index is -0.288. The molecular weight excluding hydrogens is 228 g/mol. The first kappa shape index (κ1) is 11.7. The van der Waals surface area contributed by atoms with Crippen molar-refractivity contribution < 1.29 is 9.90 Å². The number of likely N-dealkylation sites (tertiary alicyclic amines) is 1. The van der Waals surface area contributed by atoms with Crippen molar-refractivity contribution in [3.05, 3.63) is 29.8 Å². The predicted octanol–water partition coefficient (Wildman–Crippen LogP) is 0.866. The molecule has 0 bridgehead atoms. The smallest absolute Gasteiger partial charge is 0.232 e. The minimum Gasteiger partial charge on any atom is -0.395 e. The van der Waals surface area contributed by atoms with Gasteiger partial charge in [0, 0.05) is 18.8 Å². The van der Waals surface area contributed by atoms with Gasteiger partial charge in [0.2, 0.25) is 5.91 Å². The molecule has 2 aliphatic heterocycles. The van der Waals surface area contributed by atoms with Gasteiger partial charge in [0.1, 0.15) is 0 Å². The van der Waals surface area contributed by atoms with Crippen LogP contribution in [0, 0.1) is 5.41 Å². The predicted molar refractivity (Wildman–Crippen MR) is 69.4 cm³/mol. The average Bonchev–Trinajstić information content (AvgIpc) is 2.76. The topological polar surface area (TPSA) is 52.6 Å². The van der Waals surface area contributed by atoms with E-state index in [4.69, 9.17) is 5.11 Å². The van der Waals surface area contributed by atoms with Crippen LogP contribution in [0.25, 0.3) is 0 Å². The van der Waals surface area contributed by atoms with Gasteiger partial charge >= 0.3 is 0 Å². The summed E-state index contributed by atoms with van der Waals surface area (Å²) in [5.74, 6) is 0.140. The van der Waals surface area contributed by atoms with Gasteiger partial charge in [0.15, 0.2) is 0 Å². The van der Waals surface area contributed by atoms with Crippen LogP contribution in [-0.2, 0) is 11.2 Å². The van der Waals surface area contributed by atoms with Crippen LogP contribution in [0.1, 0.15) is 12.0 Å². The quantitative estimate of drug-likeness (QED) is 0.814. The minimum absolute atomic E-state index is 0.140. The van der Waals surface area contributed by atoms with E-state index in [1.807, 2.05) is 18.2 Å². The summed E-state index contributed by atoms with van der Waals surface area (Å²) in [6, 6.07) is 8.01. The normalized spacial score (nSPS) is 27.3. The van der Waals surface area contributed by atoms with Crippen molar-refractivity contribution in [3.63, 3.8) is 0 Å². The van der Waals surface area contributed by atoms with E-state index in [1.165, 1.54) is 5.56 Å². The van der Waals surface area contributed by atoms with E-state index in [0.717, 1.165) is 31.6 Å². The Labute approximate surface area is 107 Å². The lowest BCUT2D eigenvalue weighted by atomic mass is 9.77. The highest BCUT2D eigenvalue weighted by molar-refractivity contribution is 5.98. The number of β-amino-alcohol motifs (C(OH)–C–C–N with tert-alkyl or cyclic N) is 1. The van der Waals surface area contributed by atoms with E-state index in [2.05, 4.69) is 16.3 Å². The molecule has 18 heavy (non-hydrogen) atoms. The summed E-state index contributed by atoms with van der Waals surface area (Å²) in [5.41, 5.74) is 1.89. The number of carbonyl (C=O) groups is 1. The van der Waals surface area contributed by atoms with Gasteiger partial charge in [-0.1, -0.05) is 18.2 Å². The maximum absolute atomic E-state index is 12.3. The van der Waals surface area contributed by atoms with E-state index in [-0.39, 0.29) is 17.9 Å². The molecule has 1 amide bonds. The molecule has 4 nitrogen and oxygen atoms in total. The summed E-state index contributed by atoms with van der Waals surface area (Å²) in [4.78, 5) is 14.5. The van der Waals surface area contributed by atoms with Gasteiger partial charge in [-0.2, -0.15) is 0 Å². The van der Waals surface area contributed by atoms with Gasteiger partial charge in [0.05, 0.1) is 12.0 Å². The molecule has 4 heteroatoms. The van der Waals surface area contributed by atoms with Gasteiger partial charge in [-0.15, -0.1) is 0 Å². The Balaban J connectivity index is 1.85. The number of fused-ring (bicyclic) bond motifs is 1. The lowest BCUT2D eigenvalue weighted by Crippen LogP contribution is -2.44. The highest BCUT2D eigenvalue weighted by Crippen LogP contribution is 2.40. The lowest BCUT2D eigenvalue weighted by Gasteiger charge is -2.33. The fraction of sp³-hybridized carbons (Fsp3) is 0.500. The fourth-order valence-electron chi connectivity index (χ4n) is 3.12. The maximum atomic E-state index is 12.3. The van der Waals surface area contributed by atoms with Crippen LogP contribution in [0.2, 0.25) is 0 Å². The molecule has 0 radical (unpaired) electrons. The van der Waals surface area contributed by atoms with Crippen molar-refractivity contribution in [2.45, 2.75) is 12.8 Å². The largest absolute Gasteiger partial charge is 0.395 e. The van der Waals surface area contributed by atoms with Gasteiger partial charge < -0.3 is 10.4 Å². The number of para-hydroxylation sites is 1. The van der Waals surface area contributed by atoms with Crippen LogP contribution in [0.4, 0.5) is 5.69 Å². The third-order valence-electron chi connectivity index (χ3n) is 4.13. The summed E-state index contributed by atoms with van der Waals surface area (Å²) in [6.07, 6.45) is 1.70. The number of benzene rings is 1. The molecule has 1 spiro atoms. The van der Waals surface area contributed by atoms with Gasteiger partial charge in [-0.3, -0.25) is 9.69 Å². The maximum Gasteiger partial charge on any atom is 0.232 e. The van der Waals surface area contributed by atoms with Crippen LogP contribution in [0.3, 0.4) is 0 Å². The van der Waals surface area contributed by atoms with E-state index < -0.39 is 0 Å². The van der Waals surface area contributed by atoms with Crippen molar-refractivity contribution in [3.8, 4) is 0 Å². The molecule has 2 N–H and O–H groups in total. The van der Waals surface area contributed by atoms with Gasteiger partial charge in [-0.05, 0) is 31.0 Å². The molecule has 2 aliphatic rings. The van der Waals surface area contributed by atoms with Gasteiger partial charge in [0.25, 0.3) is 0 Å². The van der Waals surface area contributed by atoms with Crippen LogP contribution >= 0.6 is 0 Å². The van der Waals surface area contributed by atoms with Crippen LogP contribution in [0.5, 0.6) is 0 Å². The molecule has 0 aromatic heterocycles. The highest BCUT2D eigenvalue weighted by atomic mass is 16.3. The number of nitrogens with one attached hydrogen (secondary N) is 1. The summed E-state index contributed by atoms with van der Waals surface area (Å²) < 4.78 is 0. The second-order valence-corrected chi connectivity index (χ2v) is 5.32. The first-order valence-corrected chi connectivity index (χ1v) is 6.46. The summed E-state index contributed by atoms with van der Waals surface area (Å²) in [6.45, 7) is 2.48. The van der Waals surface area contributed by atoms with Crippen LogP contribution < -0.4 is 5.32 Å². The standard InChI is InChI=1S/C14H18N2O2/c17-8-7-16-6-5-14(10-16)9-11-3-1-2-4-12(11)15-13(14)18/h1-4,17H,5-10H2,(H,15,18)/t14-/m1/s1. The number of hydrogen-bond acceptors (Lipinski definition) is 3. The van der Waals surface area contributed by atoms with Crippen molar-refractivity contribution in [2.75, 3.05) is 31.6 Å². The first-order chi connectivity index (χ1) is 8.73. The third-order valence-corrected chi connectivity index (χ3v) is 4.13. The van der Waals surface area contributed by atoms with Crippen LogP contribution in [-0.4, -0.2) is 42.2 Å². The highest BCUT2D eigenvalue weighted by Gasteiger charge is 2.46. The number of amides is 1. The van der Waals surface area contributed by atoms with E-state index in [0.29, 0.717) is 6.54 Å². The Morgan fingerprint density at radius 1 is 1.39 bits per heavy atom. The second kappa shape index (κ2) is 4.37. The zero-order chi connectivity index (χ0) is 12.6. The molecular formula is C14H18N2O2. The Kier molecular flexibility index (Phi) is 2.84. The third kappa shape index (κ3) is 1.82. The Morgan fingerprint density at radius 3 is 3.06 bits per heavy atom. The SMILES string of the molecule is O=C1Nc2ccccc2C[C@@]12CCN(CCO)C2. The lowest BCUT2D eigenvalue weighted by molar-refractivity contribution is -0.125. The molecule has 96 valence electrons. The number of aliphatic hydroxyl groups excluding tert-OH is 1. The van der Waals surface area contributed by atoms with Crippen molar-refractivity contribution in [2.24, 2.45) is 5.41 Å². The molecule has 0 saturated carbocycles. The molecule has 2 heterocycles. The zero-order valence-corrected chi connectivity index (χ0v) is 10.4. The van der Waals surface area contributed by atoms with Crippen molar-refractivity contribution in [1.82, 2.24) is 4.90 Å². The zero-order valence-electron chi connectivity index (χ0n) is 10.4. The summed E-state index contributed by atoms with van der Waals surface area (Å²) in [5, 5.41) is 12.0. The fourth-order valence-corrected chi connectivity index (χ4v) is 3.12. The number of hydrogen-bond donors (Lipinski definition) is 2. The Hall–Kier alpha value is -1.39. The molecule has 1 fully saturated rings. The number of nitrogens with zero attached hydrogens (tertiary/aromatic N) is 1. The molecule has 1 aromatic rings. The second-order valence-electron chi connectivity index (χ2n) is 5.32. The summed E-state index contributed by atoms with van der Waals surface area (Å²) in [7, 11) is 0. The summed E-state index contributed by atoms with van der Waals surface area (Å²) >= 11 is 0. The van der Waals surface area contributed by atoms with Crippen molar-refractivity contribution in [1.29, 1.82) is 0 Å². The van der Waals surface area contributed by atoms with Crippen molar-refractivity contribution >= 4 is 11.6 Å². The monoisotopic (exact) mass is 246 g/mol. The van der Waals surface area contributed by atoms with Crippen LogP contribution in [0.15, 0.2) is 24.3 Å². The van der Waals surface area contributed by atoms with E-state index in [9.17, 15) is 4.79 Å². The molecule has 0 unspecified atom stereocenters. The number of rotatable bonds is 2. The molecule has 1 atom stereocenters. The molecule has 1 saturated heterocycles. The van der Waals surface area contributed by atoms with E-state index in [1.54, 1.807) is 0 Å². The average molecular weight is 246 g/mol. The van der Waals surface area contributed by atoms with Gasteiger partial charge in [-0.25, -0.2) is 0 Å². The number of carbonyl (C=O) groups excluding carboxylic acids is 1. The first-order valence-electron chi connectivity index (χ1n) is 6.46. The number of aliphatic hydroxyl groups is 1. The molecule has 1 aromatic carbocycles. The van der Waals surface area contributed by atoms with E-state index >= 15 is 0 Å². The Bertz CT molecular complexity index is 475. The number of anilines is 1.